The van der Waals surface area contributed by atoms with E-state index in [0.717, 1.165) is 16.3 Å². The molecule has 86 valence electrons. The van der Waals surface area contributed by atoms with E-state index in [-0.39, 0.29) is 0 Å². The lowest BCUT2D eigenvalue weighted by molar-refractivity contribution is 0.179. The van der Waals surface area contributed by atoms with E-state index in [9.17, 15) is 5.11 Å². The van der Waals surface area contributed by atoms with Crippen LogP contribution in [0, 0.1) is 6.92 Å². The summed E-state index contributed by atoms with van der Waals surface area (Å²) in [5, 5.41) is 18.4. The highest BCUT2D eigenvalue weighted by Gasteiger charge is 2.17. The third kappa shape index (κ3) is 2.09. The van der Waals surface area contributed by atoms with Crippen LogP contribution in [0.2, 0.25) is 5.02 Å². The molecule has 0 aliphatic rings. The number of hydrogen-bond acceptors (Lipinski definition) is 5. The number of rotatable bonds is 3. The molecule has 0 aliphatic carbocycles. The van der Waals surface area contributed by atoms with Gasteiger partial charge in [-0.3, -0.25) is 4.68 Å². The number of aliphatic hydroxyl groups is 1. The molecule has 1 N–H and O–H groups in total. The van der Waals surface area contributed by atoms with E-state index < -0.39 is 6.10 Å². The Kier molecular flexibility index (Phi) is 3.22. The molecule has 0 saturated carbocycles. The summed E-state index contributed by atoms with van der Waals surface area (Å²) in [6.07, 6.45) is 1.35. The van der Waals surface area contributed by atoms with Gasteiger partial charge in [-0.1, -0.05) is 16.1 Å². The fraction of sp³-hybridized carbons (Fsp3) is 0.444. The van der Waals surface area contributed by atoms with E-state index >= 15 is 0 Å². The Labute approximate surface area is 102 Å². The summed E-state index contributed by atoms with van der Waals surface area (Å²) >= 11 is 7.28. The van der Waals surface area contributed by atoms with E-state index in [1.165, 1.54) is 11.5 Å². The fourth-order valence-electron chi connectivity index (χ4n) is 1.51. The second kappa shape index (κ2) is 4.48. The minimum absolute atomic E-state index is 0.417. The number of halogens is 1. The summed E-state index contributed by atoms with van der Waals surface area (Å²) in [4.78, 5) is 0.731. The molecule has 0 bridgehead atoms. The number of aryl methyl sites for hydroxylation is 2. The van der Waals surface area contributed by atoms with Crippen LogP contribution in [-0.2, 0) is 13.5 Å². The first-order valence-corrected chi connectivity index (χ1v) is 5.88. The average Bonchev–Trinajstić information content (AvgIpc) is 2.83. The lowest BCUT2D eigenvalue weighted by Gasteiger charge is -2.07. The molecule has 0 fully saturated rings. The average molecular weight is 259 g/mol. The fourth-order valence-corrected chi connectivity index (χ4v) is 2.23. The van der Waals surface area contributed by atoms with Crippen LogP contribution in [0.5, 0.6) is 0 Å². The Balaban J connectivity index is 2.21. The van der Waals surface area contributed by atoms with Crippen molar-refractivity contribution in [1.29, 1.82) is 0 Å². The normalized spacial score (nSPS) is 13.0. The zero-order valence-electron chi connectivity index (χ0n) is 8.88. The van der Waals surface area contributed by atoms with Crippen molar-refractivity contribution < 1.29 is 5.11 Å². The molecule has 16 heavy (non-hydrogen) atoms. The first-order chi connectivity index (χ1) is 7.59. The first kappa shape index (κ1) is 11.5. The predicted octanol–water partition coefficient (Wildman–Crippen LogP) is 1.51. The van der Waals surface area contributed by atoms with Gasteiger partial charge in [0.1, 0.15) is 0 Å². The molecule has 2 aromatic rings. The topological polar surface area (TPSA) is 63.8 Å². The van der Waals surface area contributed by atoms with Gasteiger partial charge in [0.2, 0.25) is 0 Å². The van der Waals surface area contributed by atoms with Gasteiger partial charge in [-0.25, -0.2) is 0 Å². The SMILES string of the molecule is Cc1nn(C)c(CC(O)c2cnns2)c1Cl. The van der Waals surface area contributed by atoms with Gasteiger partial charge in [-0.15, -0.1) is 5.10 Å². The zero-order chi connectivity index (χ0) is 11.7. The maximum Gasteiger partial charge on any atom is 0.0969 e. The van der Waals surface area contributed by atoms with Crippen LogP contribution in [0.15, 0.2) is 6.20 Å². The lowest BCUT2D eigenvalue weighted by atomic mass is 10.1. The summed E-state index contributed by atoms with van der Waals surface area (Å²) in [6.45, 7) is 1.84. The van der Waals surface area contributed by atoms with E-state index in [0.29, 0.717) is 11.4 Å². The predicted molar refractivity (Wildman–Crippen MR) is 61.5 cm³/mol. The summed E-state index contributed by atoms with van der Waals surface area (Å²) in [5.41, 5.74) is 1.59. The molecule has 1 unspecified atom stereocenters. The second-order valence-corrected chi connectivity index (χ2v) is 4.70. The Morgan fingerprint density at radius 3 is 2.88 bits per heavy atom. The van der Waals surface area contributed by atoms with Gasteiger partial charge in [0.15, 0.2) is 0 Å². The zero-order valence-corrected chi connectivity index (χ0v) is 10.5. The minimum Gasteiger partial charge on any atom is -0.387 e. The number of nitrogens with zero attached hydrogens (tertiary/aromatic N) is 4. The number of aromatic nitrogens is 4. The Morgan fingerprint density at radius 2 is 2.38 bits per heavy atom. The summed E-state index contributed by atoms with van der Waals surface area (Å²) in [7, 11) is 1.81. The highest BCUT2D eigenvalue weighted by Crippen LogP contribution is 2.26. The quantitative estimate of drug-likeness (QED) is 0.906. The van der Waals surface area contributed by atoms with Crippen LogP contribution in [0.1, 0.15) is 22.4 Å². The van der Waals surface area contributed by atoms with E-state index in [4.69, 9.17) is 11.6 Å². The van der Waals surface area contributed by atoms with Crippen molar-refractivity contribution in [2.75, 3.05) is 0 Å². The second-order valence-electron chi connectivity index (χ2n) is 3.51. The molecule has 2 heterocycles. The summed E-state index contributed by atoms with van der Waals surface area (Å²) in [5.74, 6) is 0. The van der Waals surface area contributed by atoms with Crippen molar-refractivity contribution in [3.63, 3.8) is 0 Å². The molecule has 0 amide bonds. The third-order valence-corrected chi connectivity index (χ3v) is 3.61. The largest absolute Gasteiger partial charge is 0.387 e. The highest BCUT2D eigenvalue weighted by molar-refractivity contribution is 7.05. The molecule has 0 aliphatic heterocycles. The summed E-state index contributed by atoms with van der Waals surface area (Å²) in [6, 6.07) is 0. The molecule has 1 atom stereocenters. The van der Waals surface area contributed by atoms with Gasteiger partial charge < -0.3 is 5.11 Å². The molecule has 0 saturated heterocycles. The van der Waals surface area contributed by atoms with Gasteiger partial charge in [-0.05, 0) is 18.5 Å². The van der Waals surface area contributed by atoms with E-state index in [2.05, 4.69) is 14.7 Å². The molecule has 2 rings (SSSR count). The van der Waals surface area contributed by atoms with Crippen molar-refractivity contribution in [2.24, 2.45) is 7.05 Å². The van der Waals surface area contributed by atoms with Crippen LogP contribution in [0.4, 0.5) is 0 Å². The molecule has 5 nitrogen and oxygen atoms in total. The lowest BCUT2D eigenvalue weighted by Crippen LogP contribution is -2.05. The molecule has 2 aromatic heterocycles. The molecule has 0 spiro atoms. The first-order valence-electron chi connectivity index (χ1n) is 4.73. The van der Waals surface area contributed by atoms with Gasteiger partial charge in [0.05, 0.1) is 33.6 Å². The van der Waals surface area contributed by atoms with Gasteiger partial charge >= 0.3 is 0 Å². The Hall–Kier alpha value is -0.980. The van der Waals surface area contributed by atoms with Crippen molar-refractivity contribution >= 4 is 23.1 Å². The molecular weight excluding hydrogens is 248 g/mol. The minimum atomic E-state index is -0.632. The Morgan fingerprint density at radius 1 is 1.62 bits per heavy atom. The van der Waals surface area contributed by atoms with Crippen LogP contribution < -0.4 is 0 Å². The van der Waals surface area contributed by atoms with Crippen molar-refractivity contribution in [2.45, 2.75) is 19.4 Å². The third-order valence-electron chi connectivity index (χ3n) is 2.36. The van der Waals surface area contributed by atoms with Crippen LogP contribution in [0.25, 0.3) is 0 Å². The Bertz CT molecular complexity index is 482. The van der Waals surface area contributed by atoms with Crippen molar-refractivity contribution in [1.82, 2.24) is 19.4 Å². The maximum absolute atomic E-state index is 9.95. The smallest absolute Gasteiger partial charge is 0.0969 e. The number of aliphatic hydroxyl groups excluding tert-OH is 1. The van der Waals surface area contributed by atoms with E-state index in [1.54, 1.807) is 10.9 Å². The molecule has 7 heteroatoms. The van der Waals surface area contributed by atoms with Crippen molar-refractivity contribution in [3.05, 3.63) is 27.5 Å². The standard InChI is InChI=1S/C9H11ClN4OS/c1-5-9(10)6(14(2)12-5)3-7(15)8-4-11-13-16-8/h4,7,15H,3H2,1-2H3. The summed E-state index contributed by atoms with van der Waals surface area (Å²) < 4.78 is 5.40. The monoisotopic (exact) mass is 258 g/mol. The van der Waals surface area contributed by atoms with Crippen molar-refractivity contribution in [3.8, 4) is 0 Å². The van der Waals surface area contributed by atoms with Gasteiger partial charge in [0.25, 0.3) is 0 Å². The van der Waals surface area contributed by atoms with Gasteiger partial charge in [0, 0.05) is 13.5 Å². The highest BCUT2D eigenvalue weighted by atomic mass is 35.5. The van der Waals surface area contributed by atoms with E-state index in [1.807, 2.05) is 14.0 Å². The molecule has 0 aromatic carbocycles. The molecular formula is C9H11ClN4OS. The molecule has 0 radical (unpaired) electrons. The van der Waals surface area contributed by atoms with Crippen LogP contribution in [-0.4, -0.2) is 24.5 Å². The van der Waals surface area contributed by atoms with Crippen LogP contribution in [0.3, 0.4) is 0 Å². The maximum atomic E-state index is 9.95. The van der Waals surface area contributed by atoms with Crippen LogP contribution >= 0.6 is 23.1 Å². The van der Waals surface area contributed by atoms with Gasteiger partial charge in [-0.2, -0.15) is 5.10 Å². The number of hydrogen-bond donors (Lipinski definition) is 1.